The smallest absolute Gasteiger partial charge is 0.119 e. The third-order valence-corrected chi connectivity index (χ3v) is 10.7. The minimum atomic E-state index is 0.601. The highest BCUT2D eigenvalue weighted by Gasteiger charge is 2.16. The Bertz CT molecular complexity index is 2390. The van der Waals surface area contributed by atoms with E-state index >= 15 is 0 Å². The molecule has 0 aliphatic carbocycles. The van der Waals surface area contributed by atoms with Crippen LogP contribution in [-0.4, -0.2) is 123 Å². The van der Waals surface area contributed by atoms with Crippen molar-refractivity contribution in [1.82, 2.24) is 24.8 Å². The first-order chi connectivity index (χ1) is 27.9. The van der Waals surface area contributed by atoms with Crippen LogP contribution in [0.25, 0.3) is 68.6 Å². The monoisotopic (exact) mass is 779 g/mol. The molecule has 0 radical (unpaired) electrons. The molecule has 9 heteroatoms. The molecule has 58 heavy (non-hydrogen) atoms. The Hall–Kier alpha value is -5.32. The molecule has 2 N–H and O–H groups in total. The summed E-state index contributed by atoms with van der Waals surface area (Å²) in [6.45, 7) is 6.52. The van der Waals surface area contributed by atoms with Crippen molar-refractivity contribution < 1.29 is 18.4 Å². The van der Waals surface area contributed by atoms with Crippen LogP contribution in [0.5, 0.6) is 5.75 Å². The lowest BCUT2D eigenvalue weighted by Gasteiger charge is -2.30. The van der Waals surface area contributed by atoms with Crippen LogP contribution >= 0.6 is 0 Å². The van der Waals surface area contributed by atoms with Gasteiger partial charge in [-0.1, -0.05) is 36.4 Å². The van der Waals surface area contributed by atoms with E-state index in [0.717, 1.165) is 126 Å². The van der Waals surface area contributed by atoms with Crippen LogP contribution in [0.1, 0.15) is 47.6 Å². The molecule has 7 rings (SSSR count). The Balaban J connectivity index is 1.15. The summed E-state index contributed by atoms with van der Waals surface area (Å²) in [6, 6.07) is 29.8. The minimum absolute atomic E-state index is 0.601. The molecule has 2 aromatic carbocycles. The topological polar surface area (TPSA) is 79.1 Å². The van der Waals surface area contributed by atoms with Gasteiger partial charge in [-0.25, -0.2) is 9.97 Å². The molecule has 0 saturated carbocycles. The molecule has 9 nitrogen and oxygen atoms in total. The number of aromatic nitrogens is 4. The number of nitrogens with zero attached hydrogens (tertiary/aromatic N) is 5. The van der Waals surface area contributed by atoms with E-state index in [9.17, 15) is 0 Å². The molecule has 0 unspecified atom stereocenters. The first-order valence-electron chi connectivity index (χ1n) is 20.7. The Morgan fingerprint density at radius 3 is 1.67 bits per heavy atom. The summed E-state index contributed by atoms with van der Waals surface area (Å²) in [6.07, 6.45) is 11.6. The SMILES string of the molecule is CN(C)CCC[N+](C)(C)CCCOc1ccc(-c2c3nc(cc4ccc([nH]4)c(-c4ccc(COCCC[N+](C)(C)C)cc4)c4nc(cc5ccc2[nH]5)C=C4)C=C3)cc1. The van der Waals surface area contributed by atoms with Crippen LogP contribution in [0, 0.1) is 0 Å². The van der Waals surface area contributed by atoms with Crippen LogP contribution in [0.2, 0.25) is 0 Å². The summed E-state index contributed by atoms with van der Waals surface area (Å²) in [4.78, 5) is 19.9. The van der Waals surface area contributed by atoms with E-state index in [-0.39, 0.29) is 0 Å². The van der Waals surface area contributed by atoms with Crippen molar-refractivity contribution >= 4 is 46.4 Å². The first-order valence-corrected chi connectivity index (χ1v) is 20.7. The third-order valence-electron chi connectivity index (χ3n) is 10.7. The zero-order valence-corrected chi connectivity index (χ0v) is 35.5. The molecule has 0 spiro atoms. The molecule has 0 fully saturated rings. The van der Waals surface area contributed by atoms with Gasteiger partial charge in [0.15, 0.2) is 0 Å². The maximum absolute atomic E-state index is 6.22. The second kappa shape index (κ2) is 18.1. The van der Waals surface area contributed by atoms with Crippen molar-refractivity contribution in [3.63, 3.8) is 0 Å². The number of rotatable bonds is 17. The van der Waals surface area contributed by atoms with E-state index in [1.165, 1.54) is 13.0 Å². The van der Waals surface area contributed by atoms with Gasteiger partial charge in [-0.2, -0.15) is 0 Å². The number of hydrogen-bond acceptors (Lipinski definition) is 5. The molecule has 0 amide bonds. The van der Waals surface area contributed by atoms with Gasteiger partial charge in [-0.05, 0) is 104 Å². The molecule has 2 aliphatic rings. The summed E-state index contributed by atoms with van der Waals surface area (Å²) in [5, 5.41) is 0. The van der Waals surface area contributed by atoms with E-state index in [0.29, 0.717) is 13.2 Å². The molecule has 0 atom stereocenters. The second-order valence-corrected chi connectivity index (χ2v) is 17.6. The Morgan fingerprint density at radius 2 is 1.12 bits per heavy atom. The van der Waals surface area contributed by atoms with E-state index in [2.05, 4.69) is 173 Å². The van der Waals surface area contributed by atoms with Gasteiger partial charge in [0.1, 0.15) is 5.75 Å². The average Bonchev–Trinajstić information content (AvgIpc) is 4.01. The molecular weight excluding hydrogens is 719 g/mol. The van der Waals surface area contributed by atoms with E-state index in [1.807, 2.05) is 0 Å². The highest BCUT2D eigenvalue weighted by Crippen LogP contribution is 2.33. The van der Waals surface area contributed by atoms with Crippen LogP contribution < -0.4 is 4.74 Å². The second-order valence-electron chi connectivity index (χ2n) is 17.6. The predicted molar refractivity (Wildman–Crippen MR) is 242 cm³/mol. The molecular formula is C49H61N7O2+2. The van der Waals surface area contributed by atoms with Crippen molar-refractivity contribution in [2.45, 2.75) is 25.9 Å². The number of nitrogens with one attached hydrogen (secondary N) is 2. The first kappa shape index (κ1) is 40.9. The van der Waals surface area contributed by atoms with Gasteiger partial charge in [-0.3, -0.25) is 0 Å². The zero-order valence-electron chi connectivity index (χ0n) is 35.5. The minimum Gasteiger partial charge on any atom is -0.493 e. The van der Waals surface area contributed by atoms with Gasteiger partial charge in [0, 0.05) is 59.0 Å². The van der Waals surface area contributed by atoms with Gasteiger partial charge in [-0.15, -0.1) is 0 Å². The predicted octanol–water partition coefficient (Wildman–Crippen LogP) is 9.40. The summed E-state index contributed by atoms with van der Waals surface area (Å²) in [5.41, 5.74) is 12.9. The molecule has 302 valence electrons. The van der Waals surface area contributed by atoms with Crippen molar-refractivity contribution in [2.75, 3.05) is 88.7 Å². The molecule has 3 aromatic heterocycles. The van der Waals surface area contributed by atoms with E-state index < -0.39 is 0 Å². The van der Waals surface area contributed by atoms with Crippen molar-refractivity contribution in [2.24, 2.45) is 0 Å². The van der Waals surface area contributed by atoms with E-state index in [4.69, 9.17) is 19.4 Å². The normalized spacial score (nSPS) is 12.8. The zero-order chi connectivity index (χ0) is 40.7. The van der Waals surface area contributed by atoms with Gasteiger partial charge in [0.2, 0.25) is 0 Å². The Kier molecular flexibility index (Phi) is 12.7. The standard InChI is InChI=1S/C49H61N7O2/c1-54(2)27-8-29-56(6,7)30-10-32-58-43-21-15-38(16-22-43)49-46-25-19-41(52-46)33-39-17-23-44(50-39)48(45-24-18-40(51-45)34-42-20-26-47(49)53-42)37-13-11-36(12-14-37)35-57-31-9-28-55(3,4)5/h11-26,33-34,50,53H,8-10,27-32,35H2,1-7H3/q+2. The van der Waals surface area contributed by atoms with Crippen molar-refractivity contribution in [1.29, 1.82) is 0 Å². The van der Waals surface area contributed by atoms with Crippen molar-refractivity contribution in [3.05, 3.63) is 113 Å². The third kappa shape index (κ3) is 11.0. The number of hydrogen-bond donors (Lipinski definition) is 2. The largest absolute Gasteiger partial charge is 0.493 e. The quantitative estimate of drug-likeness (QED) is 0.0712. The number of fused-ring (bicyclic) bond motifs is 8. The number of benzene rings is 2. The molecule has 2 aliphatic heterocycles. The fourth-order valence-corrected chi connectivity index (χ4v) is 7.61. The lowest BCUT2D eigenvalue weighted by Crippen LogP contribution is -2.42. The number of quaternary nitrogens is 2. The van der Waals surface area contributed by atoms with Gasteiger partial charge in [0.25, 0.3) is 0 Å². The van der Waals surface area contributed by atoms with Gasteiger partial charge < -0.3 is 33.3 Å². The highest BCUT2D eigenvalue weighted by atomic mass is 16.5. The molecule has 5 heterocycles. The van der Waals surface area contributed by atoms with Crippen LogP contribution in [0.15, 0.2) is 84.9 Å². The summed E-state index contributed by atoms with van der Waals surface area (Å²) < 4.78 is 14.2. The molecule has 5 aromatic rings. The van der Waals surface area contributed by atoms with Crippen LogP contribution in [0.4, 0.5) is 0 Å². The number of ether oxygens (including phenoxy) is 2. The lowest BCUT2D eigenvalue weighted by molar-refractivity contribution is -0.890. The molecule has 8 bridgehead atoms. The summed E-state index contributed by atoms with van der Waals surface area (Å²) in [5.74, 6) is 0.879. The van der Waals surface area contributed by atoms with Gasteiger partial charge >= 0.3 is 0 Å². The lowest BCUT2D eigenvalue weighted by atomic mass is 10.0. The maximum Gasteiger partial charge on any atom is 0.119 e. The van der Waals surface area contributed by atoms with E-state index in [1.54, 1.807) is 0 Å². The number of H-pyrrole nitrogens is 2. The number of aromatic amines is 2. The Labute approximate surface area is 344 Å². The van der Waals surface area contributed by atoms with Crippen molar-refractivity contribution in [3.8, 4) is 28.0 Å². The summed E-state index contributed by atoms with van der Waals surface area (Å²) >= 11 is 0. The van der Waals surface area contributed by atoms with Gasteiger partial charge in [0.05, 0.1) is 97.5 Å². The Morgan fingerprint density at radius 1 is 0.586 bits per heavy atom. The van der Waals surface area contributed by atoms with Crippen LogP contribution in [0.3, 0.4) is 0 Å². The fraction of sp³-hybridized carbons (Fsp3) is 0.347. The fourth-order valence-electron chi connectivity index (χ4n) is 7.61. The average molecular weight is 780 g/mol. The molecule has 0 saturated heterocycles. The van der Waals surface area contributed by atoms with Crippen LogP contribution in [-0.2, 0) is 11.3 Å². The highest BCUT2D eigenvalue weighted by molar-refractivity contribution is 5.93. The maximum atomic E-state index is 6.22. The summed E-state index contributed by atoms with van der Waals surface area (Å²) in [7, 11) is 15.5.